The van der Waals surface area contributed by atoms with Gasteiger partial charge in [0.2, 0.25) is 10.8 Å². The van der Waals surface area contributed by atoms with Crippen molar-refractivity contribution in [2.24, 2.45) is 0 Å². The van der Waals surface area contributed by atoms with Crippen molar-refractivity contribution in [3.05, 3.63) is 46.3 Å². The largest absolute Gasteiger partial charge is 0.492 e. The number of rotatable bonds is 3. The average molecular weight is 362 g/mol. The van der Waals surface area contributed by atoms with Gasteiger partial charge in [-0.05, 0) is 37.5 Å². The molecule has 6 nitrogen and oxygen atoms in total. The molecule has 0 bridgehead atoms. The molecule has 1 aromatic carbocycles. The number of halogens is 1. The van der Waals surface area contributed by atoms with Crippen LogP contribution in [0.5, 0.6) is 5.88 Å². The lowest BCUT2D eigenvalue weighted by molar-refractivity contribution is 0.0689. The van der Waals surface area contributed by atoms with Crippen LogP contribution in [0, 0.1) is 12.7 Å². The second-order valence-corrected chi connectivity index (χ2v) is 7.38. The third-order valence-electron chi connectivity index (χ3n) is 4.58. The van der Waals surface area contributed by atoms with Gasteiger partial charge in [0.25, 0.3) is 0 Å². The van der Waals surface area contributed by atoms with Crippen molar-refractivity contribution < 1.29 is 14.6 Å². The Labute approximate surface area is 148 Å². The van der Waals surface area contributed by atoms with Crippen molar-refractivity contribution in [1.29, 1.82) is 0 Å². The molecule has 2 N–H and O–H groups in total. The molecule has 2 aromatic heterocycles. The maximum absolute atomic E-state index is 13.8. The number of nitrogens with zero attached hydrogens (tertiary/aromatic N) is 4. The first-order valence-electron chi connectivity index (χ1n) is 8.25. The van der Waals surface area contributed by atoms with E-state index in [4.69, 9.17) is 0 Å². The summed E-state index contributed by atoms with van der Waals surface area (Å²) in [6, 6.07) is 6.15. The lowest BCUT2D eigenvalue weighted by Gasteiger charge is -2.36. The number of aryl methyl sites for hydroxylation is 1. The first-order chi connectivity index (χ1) is 12.0. The molecule has 0 saturated carbocycles. The van der Waals surface area contributed by atoms with Crippen molar-refractivity contribution in [1.82, 2.24) is 19.5 Å². The molecule has 3 aromatic rings. The van der Waals surface area contributed by atoms with Crippen LogP contribution in [0.3, 0.4) is 0 Å². The number of benzene rings is 1. The quantitative estimate of drug-likeness (QED) is 0.749. The van der Waals surface area contributed by atoms with Crippen LogP contribution in [0.15, 0.2) is 24.3 Å². The summed E-state index contributed by atoms with van der Waals surface area (Å²) in [5.41, 5.74) is 0.771. The molecule has 0 aliphatic carbocycles. The fourth-order valence-electron chi connectivity index (χ4n) is 3.37. The van der Waals surface area contributed by atoms with Crippen LogP contribution in [-0.2, 0) is 0 Å². The third kappa shape index (κ3) is 3.01. The predicted molar refractivity (Wildman–Crippen MR) is 92.3 cm³/mol. The lowest BCUT2D eigenvalue weighted by atomic mass is 9.99. The zero-order valence-corrected chi connectivity index (χ0v) is 14.6. The number of piperidine rings is 1. The number of aliphatic hydroxyl groups is 1. The zero-order chi connectivity index (χ0) is 17.6. The standard InChI is InChI=1S/C17H19FN4O2S/c1-10-19-17-22(20-10)16(24)15(25-17)14(11-3-2-4-12(18)9-11)21-7-5-13(23)6-8-21/h2-4,9,13-14,23-24H,5-8H2,1H3/t14-/m0/s1. The number of hydrogen-bond acceptors (Lipinski definition) is 6. The topological polar surface area (TPSA) is 73.9 Å². The summed E-state index contributed by atoms with van der Waals surface area (Å²) in [5.74, 6) is 0.326. The molecule has 1 fully saturated rings. The van der Waals surface area contributed by atoms with Gasteiger partial charge in [-0.1, -0.05) is 23.5 Å². The minimum Gasteiger partial charge on any atom is -0.492 e. The van der Waals surface area contributed by atoms with Gasteiger partial charge in [-0.3, -0.25) is 4.90 Å². The Balaban J connectivity index is 1.81. The zero-order valence-electron chi connectivity index (χ0n) is 13.8. The van der Waals surface area contributed by atoms with Crippen molar-refractivity contribution >= 4 is 16.3 Å². The molecule has 0 spiro atoms. The molecule has 8 heteroatoms. The van der Waals surface area contributed by atoms with Crippen LogP contribution in [0.2, 0.25) is 0 Å². The van der Waals surface area contributed by atoms with Crippen LogP contribution in [0.4, 0.5) is 4.39 Å². The monoisotopic (exact) mass is 362 g/mol. The fraction of sp³-hybridized carbons (Fsp3) is 0.412. The van der Waals surface area contributed by atoms with E-state index in [0.717, 1.165) is 5.56 Å². The van der Waals surface area contributed by atoms with Crippen LogP contribution in [-0.4, -0.2) is 48.9 Å². The highest BCUT2D eigenvalue weighted by atomic mass is 32.1. The maximum atomic E-state index is 13.8. The van der Waals surface area contributed by atoms with E-state index in [2.05, 4.69) is 15.0 Å². The Hall–Kier alpha value is -2.03. The summed E-state index contributed by atoms with van der Waals surface area (Å²) in [6.07, 6.45) is 1.02. The van der Waals surface area contributed by atoms with Gasteiger partial charge in [-0.15, -0.1) is 5.10 Å². The van der Waals surface area contributed by atoms with Gasteiger partial charge < -0.3 is 10.2 Å². The minimum atomic E-state index is -0.311. The van der Waals surface area contributed by atoms with E-state index in [-0.39, 0.29) is 23.8 Å². The van der Waals surface area contributed by atoms with Crippen LogP contribution in [0.25, 0.3) is 4.96 Å². The second-order valence-electron chi connectivity index (χ2n) is 6.37. The van der Waals surface area contributed by atoms with Gasteiger partial charge in [0.15, 0.2) is 0 Å². The highest BCUT2D eigenvalue weighted by molar-refractivity contribution is 7.17. The van der Waals surface area contributed by atoms with Gasteiger partial charge in [0, 0.05) is 13.1 Å². The van der Waals surface area contributed by atoms with Gasteiger partial charge >= 0.3 is 0 Å². The van der Waals surface area contributed by atoms with E-state index in [1.165, 1.54) is 28.0 Å². The average Bonchev–Trinajstić information content (AvgIpc) is 3.08. The number of aliphatic hydroxyl groups excluding tert-OH is 1. The highest BCUT2D eigenvalue weighted by Crippen LogP contribution is 2.40. The van der Waals surface area contributed by atoms with Gasteiger partial charge in [-0.2, -0.15) is 4.52 Å². The van der Waals surface area contributed by atoms with Crippen molar-refractivity contribution in [2.45, 2.75) is 31.9 Å². The Kier molecular flexibility index (Phi) is 4.18. The highest BCUT2D eigenvalue weighted by Gasteiger charge is 2.31. The predicted octanol–water partition coefficient (Wildman–Crippen LogP) is 2.49. The molecule has 0 amide bonds. The van der Waals surface area contributed by atoms with Crippen molar-refractivity contribution in [2.75, 3.05) is 13.1 Å². The molecule has 4 rings (SSSR count). The molecule has 0 unspecified atom stereocenters. The lowest BCUT2D eigenvalue weighted by Crippen LogP contribution is -2.38. The Morgan fingerprint density at radius 3 is 2.76 bits per heavy atom. The molecule has 1 aliphatic heterocycles. The number of thiazole rings is 1. The molecule has 1 atom stereocenters. The van der Waals surface area contributed by atoms with E-state index < -0.39 is 0 Å². The number of fused-ring (bicyclic) bond motifs is 1. The van der Waals surface area contributed by atoms with Crippen molar-refractivity contribution in [3.8, 4) is 5.88 Å². The van der Waals surface area contributed by atoms with Crippen molar-refractivity contribution in [3.63, 3.8) is 0 Å². The third-order valence-corrected chi connectivity index (χ3v) is 5.66. The van der Waals surface area contributed by atoms with Crippen LogP contribution in [0.1, 0.15) is 35.1 Å². The molecular formula is C17H19FN4O2S. The normalized spacial score (nSPS) is 18.0. The molecule has 25 heavy (non-hydrogen) atoms. The Morgan fingerprint density at radius 1 is 1.32 bits per heavy atom. The Bertz CT molecular complexity index is 901. The fourth-order valence-corrected chi connectivity index (χ4v) is 4.54. The van der Waals surface area contributed by atoms with E-state index in [9.17, 15) is 14.6 Å². The van der Waals surface area contributed by atoms with E-state index >= 15 is 0 Å². The summed E-state index contributed by atoms with van der Waals surface area (Å²) >= 11 is 1.36. The van der Waals surface area contributed by atoms with E-state index in [0.29, 0.717) is 41.6 Å². The van der Waals surface area contributed by atoms with Gasteiger partial charge in [0.1, 0.15) is 11.6 Å². The number of aromatic hydroxyl groups is 1. The van der Waals surface area contributed by atoms with Crippen LogP contribution >= 0.6 is 11.3 Å². The maximum Gasteiger partial charge on any atom is 0.230 e. The van der Waals surface area contributed by atoms with Crippen LogP contribution < -0.4 is 0 Å². The molecule has 132 valence electrons. The van der Waals surface area contributed by atoms with E-state index in [1.54, 1.807) is 13.0 Å². The molecule has 0 radical (unpaired) electrons. The minimum absolute atomic E-state index is 0.0426. The van der Waals surface area contributed by atoms with Gasteiger partial charge in [0.05, 0.1) is 17.0 Å². The van der Waals surface area contributed by atoms with E-state index in [1.807, 2.05) is 6.07 Å². The smallest absolute Gasteiger partial charge is 0.230 e. The first-order valence-corrected chi connectivity index (χ1v) is 9.07. The summed E-state index contributed by atoms with van der Waals surface area (Å²) in [7, 11) is 0. The molecule has 1 saturated heterocycles. The first kappa shape index (κ1) is 16.4. The summed E-state index contributed by atoms with van der Waals surface area (Å²) in [4.78, 5) is 7.80. The molecule has 1 aliphatic rings. The summed E-state index contributed by atoms with van der Waals surface area (Å²) < 4.78 is 15.3. The molecule has 3 heterocycles. The SMILES string of the molecule is Cc1nc2sc([C@H](c3cccc(F)c3)N3CCC(O)CC3)c(O)n2n1. The second kappa shape index (κ2) is 6.36. The number of likely N-dealkylation sites (tertiary alicyclic amines) is 1. The Morgan fingerprint density at radius 2 is 2.08 bits per heavy atom. The van der Waals surface area contributed by atoms with Gasteiger partial charge in [-0.25, -0.2) is 9.37 Å². The number of aromatic nitrogens is 3. The summed E-state index contributed by atoms with van der Waals surface area (Å²) in [6.45, 7) is 3.12. The summed E-state index contributed by atoms with van der Waals surface area (Å²) in [5, 5.41) is 24.7. The number of hydrogen-bond donors (Lipinski definition) is 2. The molecular weight excluding hydrogens is 343 g/mol.